The summed E-state index contributed by atoms with van der Waals surface area (Å²) in [5, 5.41) is 9.14. The topological polar surface area (TPSA) is 80.6 Å². The molecule has 4 rings (SSSR count). The molecule has 1 saturated heterocycles. The molecule has 0 bridgehead atoms. The molecule has 0 atom stereocenters. The third-order valence-electron chi connectivity index (χ3n) is 7.07. The van der Waals surface area contributed by atoms with Crippen LogP contribution >= 0.6 is 12.4 Å². The molecule has 2 heterocycles. The van der Waals surface area contributed by atoms with Crippen molar-refractivity contribution in [2.24, 2.45) is 0 Å². The average Bonchev–Trinajstić information content (AvgIpc) is 3.09. The van der Waals surface area contributed by atoms with Crippen molar-refractivity contribution >= 4 is 23.5 Å². The van der Waals surface area contributed by atoms with Crippen LogP contribution in [0, 0.1) is 17.1 Å². The highest BCUT2D eigenvalue weighted by Crippen LogP contribution is 2.38. The van der Waals surface area contributed by atoms with Crippen molar-refractivity contribution < 1.29 is 18.3 Å². The summed E-state index contributed by atoms with van der Waals surface area (Å²) < 4.78 is 31.8. The van der Waals surface area contributed by atoms with Crippen LogP contribution in [0.15, 0.2) is 21.3 Å². The molecule has 1 saturated carbocycles. The highest BCUT2D eigenvalue weighted by atomic mass is 35.5. The lowest BCUT2D eigenvalue weighted by atomic mass is 9.79. The zero-order valence-corrected chi connectivity index (χ0v) is 19.5. The molecule has 2 aliphatic rings. The standard InChI is InChI=1S/C23H30FN3O4.ClH/c1-23(7-3-18(4-8-23)30-12-11-29-2)26-9-5-17(6-10-26)27-20-13-16(15-25)19(24)14-21(20)31-22(27)28;/h13-14,17-18H,3-12H2,1-2H3;1H/t18-,23-;. The largest absolute Gasteiger partial charge is 0.420 e. The first-order chi connectivity index (χ1) is 14.9. The van der Waals surface area contributed by atoms with Gasteiger partial charge in [0.2, 0.25) is 0 Å². The fourth-order valence-corrected chi connectivity index (χ4v) is 5.14. The summed E-state index contributed by atoms with van der Waals surface area (Å²) in [5.74, 6) is -1.15. The van der Waals surface area contributed by atoms with E-state index in [1.54, 1.807) is 11.7 Å². The van der Waals surface area contributed by atoms with Crippen molar-refractivity contribution in [3.05, 3.63) is 34.1 Å². The van der Waals surface area contributed by atoms with Crippen molar-refractivity contribution in [2.45, 2.75) is 63.1 Å². The van der Waals surface area contributed by atoms with Crippen LogP contribution in [-0.4, -0.2) is 54.5 Å². The first-order valence-corrected chi connectivity index (χ1v) is 11.1. The lowest BCUT2D eigenvalue weighted by molar-refractivity contribution is -0.0419. The van der Waals surface area contributed by atoms with Crippen molar-refractivity contribution in [3.8, 4) is 6.07 Å². The Labute approximate surface area is 193 Å². The van der Waals surface area contributed by atoms with Gasteiger partial charge in [0.15, 0.2) is 5.58 Å². The van der Waals surface area contributed by atoms with Crippen molar-refractivity contribution in [2.75, 3.05) is 33.4 Å². The maximum atomic E-state index is 13.9. The van der Waals surface area contributed by atoms with Crippen LogP contribution < -0.4 is 5.76 Å². The molecule has 0 unspecified atom stereocenters. The van der Waals surface area contributed by atoms with E-state index >= 15 is 0 Å². The number of likely N-dealkylation sites (tertiary alicyclic amines) is 1. The van der Waals surface area contributed by atoms with Crippen LogP contribution in [0.3, 0.4) is 0 Å². The molecular formula is C23H31ClFN3O4. The number of ether oxygens (including phenoxy) is 2. The molecule has 7 nitrogen and oxygen atoms in total. The Morgan fingerprint density at radius 3 is 2.53 bits per heavy atom. The lowest BCUT2D eigenvalue weighted by Gasteiger charge is -2.48. The minimum absolute atomic E-state index is 0. The molecule has 0 spiro atoms. The number of rotatable bonds is 6. The van der Waals surface area contributed by atoms with E-state index < -0.39 is 11.6 Å². The van der Waals surface area contributed by atoms with E-state index in [9.17, 15) is 9.18 Å². The Morgan fingerprint density at radius 2 is 1.91 bits per heavy atom. The van der Waals surface area contributed by atoms with Crippen molar-refractivity contribution in [1.29, 1.82) is 5.26 Å². The number of halogens is 2. The van der Waals surface area contributed by atoms with Crippen LogP contribution in [0.4, 0.5) is 4.39 Å². The Bertz CT molecular complexity index is 1010. The molecule has 32 heavy (non-hydrogen) atoms. The van der Waals surface area contributed by atoms with E-state index in [0.717, 1.165) is 57.7 Å². The number of benzene rings is 1. The number of methoxy groups -OCH3 is 1. The zero-order chi connectivity index (χ0) is 22.0. The smallest absolute Gasteiger partial charge is 0.408 e. The molecule has 176 valence electrons. The molecule has 1 aliphatic heterocycles. The summed E-state index contributed by atoms with van der Waals surface area (Å²) in [6.45, 7) is 5.39. The molecule has 0 amide bonds. The third-order valence-corrected chi connectivity index (χ3v) is 7.07. The summed E-state index contributed by atoms with van der Waals surface area (Å²) in [5.41, 5.74) is 0.771. The van der Waals surface area contributed by atoms with Crippen LogP contribution in [-0.2, 0) is 9.47 Å². The Morgan fingerprint density at radius 1 is 1.22 bits per heavy atom. The van der Waals surface area contributed by atoms with E-state index in [0.29, 0.717) is 24.8 Å². The van der Waals surface area contributed by atoms with Gasteiger partial charge in [-0.05, 0) is 51.5 Å². The van der Waals surface area contributed by atoms with E-state index in [4.69, 9.17) is 19.2 Å². The van der Waals surface area contributed by atoms with E-state index in [-0.39, 0.29) is 35.1 Å². The van der Waals surface area contributed by atoms with E-state index in [1.165, 1.54) is 6.07 Å². The van der Waals surface area contributed by atoms with E-state index in [2.05, 4.69) is 11.8 Å². The van der Waals surface area contributed by atoms with Crippen LogP contribution in [0.1, 0.15) is 57.1 Å². The molecule has 1 aliphatic carbocycles. The summed E-state index contributed by atoms with van der Waals surface area (Å²) in [4.78, 5) is 15.0. The number of aromatic nitrogens is 1. The van der Waals surface area contributed by atoms with Gasteiger partial charge in [0.25, 0.3) is 0 Å². The first-order valence-electron chi connectivity index (χ1n) is 11.1. The van der Waals surface area contributed by atoms with Crippen LogP contribution in [0.5, 0.6) is 0 Å². The number of oxazole rings is 1. The van der Waals surface area contributed by atoms with Gasteiger partial charge >= 0.3 is 5.76 Å². The van der Waals surface area contributed by atoms with Gasteiger partial charge in [-0.1, -0.05) is 0 Å². The number of hydrogen-bond donors (Lipinski definition) is 0. The minimum atomic E-state index is -0.666. The quantitative estimate of drug-likeness (QED) is 0.597. The second kappa shape index (κ2) is 10.3. The number of fused-ring (bicyclic) bond motifs is 1. The maximum absolute atomic E-state index is 13.9. The normalized spacial score (nSPS) is 24.9. The summed E-state index contributed by atoms with van der Waals surface area (Å²) in [6, 6.07) is 4.39. The highest BCUT2D eigenvalue weighted by molar-refractivity contribution is 5.85. The van der Waals surface area contributed by atoms with Crippen molar-refractivity contribution in [1.82, 2.24) is 9.47 Å². The third kappa shape index (κ3) is 4.86. The summed E-state index contributed by atoms with van der Waals surface area (Å²) in [7, 11) is 1.69. The first kappa shape index (κ1) is 24.7. The molecule has 1 aromatic heterocycles. The Hall–Kier alpha value is -1.92. The predicted molar refractivity (Wildman–Crippen MR) is 121 cm³/mol. The SMILES string of the molecule is COCCO[C@H]1CC[C@](C)(N2CCC(n3c(=O)oc4cc(F)c(C#N)cc43)CC2)CC1.Cl. The average molecular weight is 468 g/mol. The van der Waals surface area contributed by atoms with Gasteiger partial charge in [0.1, 0.15) is 11.9 Å². The maximum Gasteiger partial charge on any atom is 0.420 e. The van der Waals surface area contributed by atoms with Gasteiger partial charge in [-0.15, -0.1) is 12.4 Å². The van der Waals surface area contributed by atoms with Crippen LogP contribution in [0.25, 0.3) is 11.1 Å². The van der Waals surface area contributed by atoms with Gasteiger partial charge < -0.3 is 13.9 Å². The fourth-order valence-electron chi connectivity index (χ4n) is 5.14. The second-order valence-electron chi connectivity index (χ2n) is 8.93. The van der Waals surface area contributed by atoms with Gasteiger partial charge in [0, 0.05) is 37.8 Å². The van der Waals surface area contributed by atoms with E-state index in [1.807, 2.05) is 6.07 Å². The molecule has 1 aromatic carbocycles. The number of piperidine rings is 1. The predicted octanol–water partition coefficient (Wildman–Crippen LogP) is 4.03. The highest BCUT2D eigenvalue weighted by Gasteiger charge is 2.38. The van der Waals surface area contributed by atoms with Gasteiger partial charge in [0.05, 0.1) is 30.4 Å². The zero-order valence-electron chi connectivity index (χ0n) is 18.6. The minimum Gasteiger partial charge on any atom is -0.408 e. The van der Waals surface area contributed by atoms with Gasteiger partial charge in [-0.2, -0.15) is 5.26 Å². The monoisotopic (exact) mass is 467 g/mol. The van der Waals surface area contributed by atoms with Crippen molar-refractivity contribution in [3.63, 3.8) is 0 Å². The molecule has 2 aromatic rings. The molecule has 0 radical (unpaired) electrons. The van der Waals surface area contributed by atoms with Gasteiger partial charge in [-0.25, -0.2) is 9.18 Å². The Kier molecular flexibility index (Phi) is 7.99. The summed E-state index contributed by atoms with van der Waals surface area (Å²) >= 11 is 0. The lowest BCUT2D eigenvalue weighted by Crippen LogP contribution is -2.53. The second-order valence-corrected chi connectivity index (χ2v) is 8.93. The number of hydrogen-bond acceptors (Lipinski definition) is 6. The fraction of sp³-hybridized carbons (Fsp3) is 0.652. The molecule has 9 heteroatoms. The Balaban J connectivity index is 0.00000289. The van der Waals surface area contributed by atoms with Crippen LogP contribution in [0.2, 0.25) is 0 Å². The molecular weight excluding hydrogens is 437 g/mol. The molecule has 2 fully saturated rings. The number of nitriles is 1. The van der Waals surface area contributed by atoms with Gasteiger partial charge in [-0.3, -0.25) is 9.47 Å². The molecule has 0 N–H and O–H groups in total. The number of nitrogens with zero attached hydrogens (tertiary/aromatic N) is 3. The summed E-state index contributed by atoms with van der Waals surface area (Å²) in [6.07, 6.45) is 6.23.